The number of hydrogen-bond donors (Lipinski definition) is 0. The van der Waals surface area contributed by atoms with E-state index in [1.807, 2.05) is 6.20 Å². The molecule has 0 aliphatic carbocycles. The molecule has 1 aliphatic heterocycles. The second-order valence-electron chi connectivity index (χ2n) is 4.29. The molecule has 1 saturated heterocycles. The fraction of sp³-hybridized carbons (Fsp3) is 0.727. The van der Waals surface area contributed by atoms with Gasteiger partial charge in [0.1, 0.15) is 0 Å². The van der Waals surface area contributed by atoms with Crippen LogP contribution in [-0.4, -0.2) is 47.0 Å². The summed E-state index contributed by atoms with van der Waals surface area (Å²) in [7, 11) is 0. The van der Waals surface area contributed by atoms with E-state index < -0.39 is 0 Å². The van der Waals surface area contributed by atoms with Crippen LogP contribution in [0.4, 0.5) is 0 Å². The van der Waals surface area contributed by atoms with Crippen LogP contribution >= 0.6 is 22.9 Å². The number of thiazole rings is 1. The molecular weight excluding hydrogens is 242 g/mol. The molecule has 2 heterocycles. The molecule has 3 nitrogen and oxygen atoms in total. The zero-order chi connectivity index (χ0) is 11.5. The van der Waals surface area contributed by atoms with Crippen molar-refractivity contribution >= 4 is 22.9 Å². The van der Waals surface area contributed by atoms with Gasteiger partial charge in [-0.2, -0.15) is 0 Å². The van der Waals surface area contributed by atoms with Crippen molar-refractivity contribution < 1.29 is 0 Å². The Balaban J connectivity index is 1.88. The molecule has 1 aliphatic rings. The molecule has 0 radical (unpaired) electrons. The molecule has 0 bridgehead atoms. The molecule has 0 saturated carbocycles. The monoisotopic (exact) mass is 259 g/mol. The highest BCUT2D eigenvalue weighted by molar-refractivity contribution is 7.15. The van der Waals surface area contributed by atoms with E-state index in [1.54, 1.807) is 11.3 Å². The smallest absolute Gasteiger partial charge is 0.183 e. The van der Waals surface area contributed by atoms with E-state index in [9.17, 15) is 0 Å². The quantitative estimate of drug-likeness (QED) is 0.831. The second kappa shape index (κ2) is 5.45. The van der Waals surface area contributed by atoms with E-state index in [2.05, 4.69) is 28.6 Å². The van der Waals surface area contributed by atoms with Gasteiger partial charge >= 0.3 is 0 Å². The van der Waals surface area contributed by atoms with Crippen LogP contribution in [0, 0.1) is 0 Å². The SMILES string of the molecule is CCN1CCN(Cc2cnc(Cl)s2)CC1C. The van der Waals surface area contributed by atoms with E-state index in [4.69, 9.17) is 11.6 Å². The lowest BCUT2D eigenvalue weighted by atomic mass is 10.2. The lowest BCUT2D eigenvalue weighted by molar-refractivity contribution is 0.0840. The largest absolute Gasteiger partial charge is 0.298 e. The first kappa shape index (κ1) is 12.3. The highest BCUT2D eigenvalue weighted by atomic mass is 35.5. The Morgan fingerprint density at radius 2 is 2.38 bits per heavy atom. The molecule has 0 N–H and O–H groups in total. The molecule has 1 unspecified atom stereocenters. The third-order valence-corrected chi connectivity index (χ3v) is 4.26. The minimum absolute atomic E-state index is 0.648. The van der Waals surface area contributed by atoms with Gasteiger partial charge in [0.15, 0.2) is 4.47 Å². The predicted molar refractivity (Wildman–Crippen MR) is 69.1 cm³/mol. The van der Waals surface area contributed by atoms with Crippen molar-refractivity contribution in [1.82, 2.24) is 14.8 Å². The van der Waals surface area contributed by atoms with Crippen molar-refractivity contribution in [2.45, 2.75) is 26.4 Å². The molecule has 5 heteroatoms. The molecule has 1 aromatic rings. The van der Waals surface area contributed by atoms with Crippen LogP contribution in [0.5, 0.6) is 0 Å². The highest BCUT2D eigenvalue weighted by Gasteiger charge is 2.22. The first-order chi connectivity index (χ1) is 7.69. The van der Waals surface area contributed by atoms with Crippen molar-refractivity contribution in [2.75, 3.05) is 26.2 Å². The lowest BCUT2D eigenvalue weighted by Crippen LogP contribution is -2.51. The number of halogens is 1. The van der Waals surface area contributed by atoms with Crippen LogP contribution in [0.25, 0.3) is 0 Å². The zero-order valence-corrected chi connectivity index (χ0v) is 11.4. The maximum atomic E-state index is 5.83. The van der Waals surface area contributed by atoms with Gasteiger partial charge in [0.25, 0.3) is 0 Å². The first-order valence-corrected chi connectivity index (χ1v) is 6.95. The van der Waals surface area contributed by atoms with Crippen LogP contribution in [0.2, 0.25) is 4.47 Å². The Morgan fingerprint density at radius 3 is 2.94 bits per heavy atom. The Morgan fingerprint density at radius 1 is 1.56 bits per heavy atom. The molecule has 0 spiro atoms. The van der Waals surface area contributed by atoms with Gasteiger partial charge in [-0.1, -0.05) is 18.5 Å². The summed E-state index contributed by atoms with van der Waals surface area (Å²) in [6, 6.07) is 0.655. The standard InChI is InChI=1S/C11H18ClN3S/c1-3-15-5-4-14(7-9(15)2)8-10-6-13-11(12)16-10/h6,9H,3-5,7-8H2,1-2H3. The summed E-state index contributed by atoms with van der Waals surface area (Å²) in [4.78, 5) is 10.4. The van der Waals surface area contributed by atoms with E-state index in [1.165, 1.54) is 11.4 Å². The number of piperazine rings is 1. The molecule has 1 aromatic heterocycles. The molecule has 1 fully saturated rings. The van der Waals surface area contributed by atoms with Gasteiger partial charge in [0, 0.05) is 43.3 Å². The van der Waals surface area contributed by atoms with Gasteiger partial charge in [0.05, 0.1) is 0 Å². The summed E-state index contributed by atoms with van der Waals surface area (Å²) in [6.45, 7) is 10.1. The maximum absolute atomic E-state index is 5.83. The summed E-state index contributed by atoms with van der Waals surface area (Å²) >= 11 is 7.42. The minimum Gasteiger partial charge on any atom is -0.298 e. The third-order valence-electron chi connectivity index (χ3n) is 3.16. The van der Waals surface area contributed by atoms with Gasteiger partial charge in [-0.3, -0.25) is 9.80 Å². The topological polar surface area (TPSA) is 19.4 Å². The van der Waals surface area contributed by atoms with Gasteiger partial charge in [-0.15, -0.1) is 11.3 Å². The summed E-state index contributed by atoms with van der Waals surface area (Å²) in [5.41, 5.74) is 0. The summed E-state index contributed by atoms with van der Waals surface area (Å²) in [6.07, 6.45) is 1.89. The first-order valence-electron chi connectivity index (χ1n) is 5.75. The fourth-order valence-corrected chi connectivity index (χ4v) is 3.28. The Hall–Kier alpha value is -0.160. The summed E-state index contributed by atoms with van der Waals surface area (Å²) in [5.74, 6) is 0. The van der Waals surface area contributed by atoms with E-state index in [0.29, 0.717) is 10.5 Å². The number of aromatic nitrogens is 1. The average molecular weight is 260 g/mol. The van der Waals surface area contributed by atoms with Crippen molar-refractivity contribution in [2.24, 2.45) is 0 Å². The number of likely N-dealkylation sites (N-methyl/N-ethyl adjacent to an activating group) is 1. The predicted octanol–water partition coefficient (Wildman–Crippen LogP) is 2.32. The molecule has 0 aromatic carbocycles. The van der Waals surface area contributed by atoms with Crippen molar-refractivity contribution in [3.63, 3.8) is 0 Å². The minimum atomic E-state index is 0.648. The van der Waals surface area contributed by atoms with Gasteiger partial charge in [-0.05, 0) is 13.5 Å². The summed E-state index contributed by atoms with van der Waals surface area (Å²) in [5, 5.41) is 0. The van der Waals surface area contributed by atoms with Crippen LogP contribution in [0.15, 0.2) is 6.20 Å². The third kappa shape index (κ3) is 2.94. The van der Waals surface area contributed by atoms with Gasteiger partial charge in [-0.25, -0.2) is 4.98 Å². The molecule has 90 valence electrons. The van der Waals surface area contributed by atoms with Crippen molar-refractivity contribution in [3.8, 4) is 0 Å². The van der Waals surface area contributed by atoms with E-state index in [0.717, 1.165) is 26.2 Å². The molecule has 1 atom stereocenters. The van der Waals surface area contributed by atoms with Gasteiger partial charge < -0.3 is 0 Å². The Kier molecular flexibility index (Phi) is 4.19. The number of hydrogen-bond acceptors (Lipinski definition) is 4. The van der Waals surface area contributed by atoms with Crippen molar-refractivity contribution in [1.29, 1.82) is 0 Å². The lowest BCUT2D eigenvalue weighted by Gasteiger charge is -2.39. The van der Waals surface area contributed by atoms with Crippen LogP contribution in [0.3, 0.4) is 0 Å². The van der Waals surface area contributed by atoms with Crippen LogP contribution in [-0.2, 0) is 6.54 Å². The molecular formula is C11H18ClN3S. The zero-order valence-electron chi connectivity index (χ0n) is 9.82. The number of rotatable bonds is 3. The second-order valence-corrected chi connectivity index (χ2v) is 5.99. The maximum Gasteiger partial charge on any atom is 0.183 e. The van der Waals surface area contributed by atoms with E-state index in [-0.39, 0.29) is 0 Å². The Labute approximate surface area is 106 Å². The normalized spacial score (nSPS) is 23.8. The fourth-order valence-electron chi connectivity index (χ4n) is 2.26. The molecule has 2 rings (SSSR count). The van der Waals surface area contributed by atoms with Crippen molar-refractivity contribution in [3.05, 3.63) is 15.5 Å². The van der Waals surface area contributed by atoms with Crippen LogP contribution in [0.1, 0.15) is 18.7 Å². The van der Waals surface area contributed by atoms with Gasteiger partial charge in [0.2, 0.25) is 0 Å². The van der Waals surface area contributed by atoms with E-state index >= 15 is 0 Å². The highest BCUT2D eigenvalue weighted by Crippen LogP contribution is 2.20. The summed E-state index contributed by atoms with van der Waals surface area (Å²) < 4.78 is 0.648. The molecule has 0 amide bonds. The molecule has 16 heavy (non-hydrogen) atoms. The van der Waals surface area contributed by atoms with Crippen LogP contribution < -0.4 is 0 Å². The average Bonchev–Trinajstić information content (AvgIpc) is 2.64. The Bertz CT molecular complexity index is 342. The number of nitrogens with zero attached hydrogens (tertiary/aromatic N) is 3.